The molecule has 0 saturated carbocycles. The third-order valence-corrected chi connectivity index (χ3v) is 3.25. The second kappa shape index (κ2) is 5.04. The maximum absolute atomic E-state index is 13.1. The summed E-state index contributed by atoms with van der Waals surface area (Å²) in [6, 6.07) is 7.27. The molecule has 0 aromatic heterocycles. The Hall–Kier alpha value is -1.45. The maximum atomic E-state index is 13.1. The number of hydrogen-bond donors (Lipinski definition) is 0. The van der Waals surface area contributed by atoms with Crippen molar-refractivity contribution in [3.05, 3.63) is 69.2 Å². The second-order valence-corrected chi connectivity index (χ2v) is 4.31. The van der Waals surface area contributed by atoms with E-state index in [9.17, 15) is 13.6 Å². The molecule has 0 aliphatic heterocycles. The first kappa shape index (κ1) is 13.0. The van der Waals surface area contributed by atoms with E-state index in [4.69, 9.17) is 23.2 Å². The van der Waals surface area contributed by atoms with Crippen LogP contribution in [0.3, 0.4) is 0 Å². The van der Waals surface area contributed by atoms with Crippen LogP contribution in [0.1, 0.15) is 15.9 Å². The fourth-order valence-electron chi connectivity index (χ4n) is 1.46. The topological polar surface area (TPSA) is 17.1 Å². The fourth-order valence-corrected chi connectivity index (χ4v) is 1.86. The third-order valence-electron chi connectivity index (χ3n) is 2.39. The zero-order chi connectivity index (χ0) is 13.3. The third kappa shape index (κ3) is 2.37. The van der Waals surface area contributed by atoms with Crippen LogP contribution in [0.5, 0.6) is 0 Å². The standard InChI is InChI=1S/C13H6Cl2F2O/c14-11-9(5-6-10(17)12(11)15)13(18)7-1-3-8(16)4-2-7/h1-6H. The molecule has 2 aromatic carbocycles. The van der Waals surface area contributed by atoms with Crippen molar-refractivity contribution in [1.82, 2.24) is 0 Å². The predicted octanol–water partition coefficient (Wildman–Crippen LogP) is 4.50. The van der Waals surface area contributed by atoms with E-state index in [-0.39, 0.29) is 21.2 Å². The summed E-state index contributed by atoms with van der Waals surface area (Å²) in [4.78, 5) is 12.1. The van der Waals surface area contributed by atoms with Gasteiger partial charge in [0.15, 0.2) is 5.78 Å². The molecular formula is C13H6Cl2F2O. The molecule has 0 radical (unpaired) electrons. The highest BCUT2D eigenvalue weighted by Gasteiger charge is 2.17. The van der Waals surface area contributed by atoms with Crippen LogP contribution in [-0.2, 0) is 0 Å². The highest BCUT2D eigenvalue weighted by atomic mass is 35.5. The van der Waals surface area contributed by atoms with E-state index in [0.717, 1.165) is 18.2 Å². The number of carbonyl (C=O) groups excluding carboxylic acids is 1. The van der Waals surface area contributed by atoms with Crippen LogP contribution >= 0.6 is 23.2 Å². The molecule has 0 aliphatic rings. The average Bonchev–Trinajstić information content (AvgIpc) is 2.36. The first-order valence-electron chi connectivity index (χ1n) is 4.94. The molecule has 18 heavy (non-hydrogen) atoms. The minimum atomic E-state index is -0.697. The molecule has 0 unspecified atom stereocenters. The molecule has 0 spiro atoms. The molecule has 1 nitrogen and oxygen atoms in total. The first-order chi connectivity index (χ1) is 8.50. The van der Waals surface area contributed by atoms with Gasteiger partial charge in [-0.25, -0.2) is 8.78 Å². The van der Waals surface area contributed by atoms with Crippen molar-refractivity contribution in [2.75, 3.05) is 0 Å². The molecule has 0 N–H and O–H groups in total. The molecule has 92 valence electrons. The Bertz CT molecular complexity index is 609. The Morgan fingerprint density at radius 2 is 1.50 bits per heavy atom. The highest BCUT2D eigenvalue weighted by Crippen LogP contribution is 2.30. The van der Waals surface area contributed by atoms with Crippen LogP contribution in [0.4, 0.5) is 8.78 Å². The van der Waals surface area contributed by atoms with Crippen LogP contribution in [0.15, 0.2) is 36.4 Å². The van der Waals surface area contributed by atoms with Gasteiger partial charge in [0.25, 0.3) is 0 Å². The number of ketones is 1. The largest absolute Gasteiger partial charge is 0.289 e. The Balaban J connectivity index is 2.46. The molecule has 0 aliphatic carbocycles. The molecule has 0 saturated heterocycles. The fraction of sp³-hybridized carbons (Fsp3) is 0. The van der Waals surface area contributed by atoms with E-state index < -0.39 is 17.4 Å². The van der Waals surface area contributed by atoms with Crippen LogP contribution in [-0.4, -0.2) is 5.78 Å². The summed E-state index contributed by atoms with van der Waals surface area (Å²) in [6.07, 6.45) is 0. The SMILES string of the molecule is O=C(c1ccc(F)cc1)c1ccc(F)c(Cl)c1Cl. The zero-order valence-electron chi connectivity index (χ0n) is 8.88. The molecule has 5 heteroatoms. The first-order valence-corrected chi connectivity index (χ1v) is 5.70. The maximum Gasteiger partial charge on any atom is 0.194 e. The Kier molecular flexibility index (Phi) is 3.64. The molecule has 0 atom stereocenters. The van der Waals surface area contributed by atoms with Crippen molar-refractivity contribution in [2.45, 2.75) is 0 Å². The van der Waals surface area contributed by atoms with Crippen molar-refractivity contribution < 1.29 is 13.6 Å². The highest BCUT2D eigenvalue weighted by molar-refractivity contribution is 6.44. The van der Waals surface area contributed by atoms with Gasteiger partial charge in [0.2, 0.25) is 0 Å². The summed E-state index contributed by atoms with van der Waals surface area (Å²) in [6.45, 7) is 0. The van der Waals surface area contributed by atoms with Gasteiger partial charge in [-0.3, -0.25) is 4.79 Å². The van der Waals surface area contributed by atoms with Gasteiger partial charge < -0.3 is 0 Å². The molecule has 2 rings (SSSR count). The lowest BCUT2D eigenvalue weighted by atomic mass is 10.0. The van der Waals surface area contributed by atoms with E-state index in [2.05, 4.69) is 0 Å². The Labute approximate surface area is 112 Å². The summed E-state index contributed by atoms with van der Waals surface area (Å²) in [5.41, 5.74) is 0.329. The average molecular weight is 287 g/mol. The van der Waals surface area contributed by atoms with Crippen molar-refractivity contribution in [3.8, 4) is 0 Å². The molecule has 2 aromatic rings. The van der Waals surface area contributed by atoms with E-state index in [0.29, 0.717) is 0 Å². The summed E-state index contributed by atoms with van der Waals surface area (Å²) in [5, 5.41) is -0.448. The van der Waals surface area contributed by atoms with E-state index >= 15 is 0 Å². The van der Waals surface area contributed by atoms with Crippen LogP contribution in [0, 0.1) is 11.6 Å². The monoisotopic (exact) mass is 286 g/mol. The zero-order valence-corrected chi connectivity index (χ0v) is 10.4. The van der Waals surface area contributed by atoms with Gasteiger partial charge in [-0.15, -0.1) is 0 Å². The second-order valence-electron chi connectivity index (χ2n) is 3.56. The Morgan fingerprint density at radius 1 is 0.889 bits per heavy atom. The summed E-state index contributed by atoms with van der Waals surface area (Å²) < 4.78 is 25.8. The minimum Gasteiger partial charge on any atom is -0.289 e. The van der Waals surface area contributed by atoms with Gasteiger partial charge in [-0.05, 0) is 36.4 Å². The summed E-state index contributed by atoms with van der Waals surface area (Å²) >= 11 is 11.4. The number of carbonyl (C=O) groups is 1. The Morgan fingerprint density at radius 3 is 2.11 bits per heavy atom. The van der Waals surface area contributed by atoms with Crippen molar-refractivity contribution in [3.63, 3.8) is 0 Å². The lowest BCUT2D eigenvalue weighted by Crippen LogP contribution is -2.03. The summed E-state index contributed by atoms with van der Waals surface area (Å²) in [7, 11) is 0. The van der Waals surface area contributed by atoms with Gasteiger partial charge >= 0.3 is 0 Å². The lowest BCUT2D eigenvalue weighted by Gasteiger charge is -2.05. The van der Waals surface area contributed by atoms with Crippen LogP contribution in [0.25, 0.3) is 0 Å². The number of benzene rings is 2. The van der Waals surface area contributed by atoms with E-state index in [1.54, 1.807) is 0 Å². The summed E-state index contributed by atoms with van der Waals surface area (Å²) in [5.74, 6) is -1.59. The number of rotatable bonds is 2. The smallest absolute Gasteiger partial charge is 0.194 e. The number of halogens is 4. The molecule has 0 bridgehead atoms. The molecule has 0 heterocycles. The van der Waals surface area contributed by atoms with Crippen molar-refractivity contribution in [2.24, 2.45) is 0 Å². The van der Waals surface area contributed by atoms with E-state index in [1.165, 1.54) is 18.2 Å². The normalized spacial score (nSPS) is 10.4. The molecule has 0 fully saturated rings. The van der Waals surface area contributed by atoms with Crippen LogP contribution in [0.2, 0.25) is 10.0 Å². The number of hydrogen-bond acceptors (Lipinski definition) is 1. The van der Waals surface area contributed by atoms with Crippen molar-refractivity contribution in [1.29, 1.82) is 0 Å². The van der Waals surface area contributed by atoms with E-state index in [1.807, 2.05) is 0 Å². The van der Waals surface area contributed by atoms with Gasteiger partial charge in [-0.1, -0.05) is 23.2 Å². The van der Waals surface area contributed by atoms with Crippen molar-refractivity contribution >= 4 is 29.0 Å². The lowest BCUT2D eigenvalue weighted by molar-refractivity contribution is 0.103. The van der Waals surface area contributed by atoms with Gasteiger partial charge in [-0.2, -0.15) is 0 Å². The molecular weight excluding hydrogens is 281 g/mol. The van der Waals surface area contributed by atoms with Gasteiger partial charge in [0.05, 0.1) is 10.0 Å². The predicted molar refractivity (Wildman–Crippen MR) is 66.3 cm³/mol. The van der Waals surface area contributed by atoms with Gasteiger partial charge in [0.1, 0.15) is 11.6 Å². The molecule has 0 amide bonds. The minimum absolute atomic E-state index is 0.0784. The van der Waals surface area contributed by atoms with Gasteiger partial charge in [0, 0.05) is 11.1 Å². The quantitative estimate of drug-likeness (QED) is 0.587. The van der Waals surface area contributed by atoms with Crippen LogP contribution < -0.4 is 0 Å².